The number of carbonyl (C=O) groups is 3. The number of carbonyl (C=O) groups excluding carboxylic acids is 3. The SMILES string of the molecule is O=C(NCC1CCCO1)c1ccc(NC2=C(Cl)C(=O)N(CCc3ccccc3)C2=O)cc1. The lowest BCUT2D eigenvalue weighted by Gasteiger charge is -2.15. The van der Waals surface area contributed by atoms with Gasteiger partial charge < -0.3 is 15.4 Å². The lowest BCUT2D eigenvalue weighted by atomic mass is 10.1. The molecule has 7 nitrogen and oxygen atoms in total. The van der Waals surface area contributed by atoms with Crippen molar-refractivity contribution < 1.29 is 19.1 Å². The molecule has 0 saturated carbocycles. The molecule has 2 heterocycles. The van der Waals surface area contributed by atoms with Gasteiger partial charge in [-0.3, -0.25) is 19.3 Å². The summed E-state index contributed by atoms with van der Waals surface area (Å²) in [5, 5.41) is 5.65. The maximum Gasteiger partial charge on any atom is 0.278 e. The second kappa shape index (κ2) is 9.97. The third kappa shape index (κ3) is 5.00. The number of hydrogen-bond donors (Lipinski definition) is 2. The van der Waals surface area contributed by atoms with Gasteiger partial charge in [-0.15, -0.1) is 0 Å². The minimum absolute atomic E-state index is 0.0420. The zero-order valence-corrected chi connectivity index (χ0v) is 18.2. The molecule has 0 spiro atoms. The van der Waals surface area contributed by atoms with E-state index >= 15 is 0 Å². The van der Waals surface area contributed by atoms with E-state index in [1.165, 1.54) is 0 Å². The van der Waals surface area contributed by atoms with E-state index in [0.717, 1.165) is 29.9 Å². The predicted molar refractivity (Wildman–Crippen MR) is 121 cm³/mol. The Labute approximate surface area is 191 Å². The normalized spacial score (nSPS) is 18.4. The number of anilines is 1. The molecule has 2 aromatic carbocycles. The molecule has 0 bridgehead atoms. The van der Waals surface area contributed by atoms with Crippen LogP contribution in [0, 0.1) is 0 Å². The van der Waals surface area contributed by atoms with Gasteiger partial charge >= 0.3 is 0 Å². The Balaban J connectivity index is 1.34. The van der Waals surface area contributed by atoms with E-state index in [9.17, 15) is 14.4 Å². The first-order valence-corrected chi connectivity index (χ1v) is 11.0. The first kappa shape index (κ1) is 22.0. The molecule has 1 atom stereocenters. The van der Waals surface area contributed by atoms with E-state index < -0.39 is 11.8 Å². The van der Waals surface area contributed by atoms with Gasteiger partial charge in [0, 0.05) is 30.9 Å². The van der Waals surface area contributed by atoms with E-state index in [1.54, 1.807) is 24.3 Å². The number of nitrogens with zero attached hydrogens (tertiary/aromatic N) is 1. The quantitative estimate of drug-likeness (QED) is 0.600. The van der Waals surface area contributed by atoms with Gasteiger partial charge in [0.15, 0.2) is 0 Å². The smallest absolute Gasteiger partial charge is 0.278 e. The van der Waals surface area contributed by atoms with Gasteiger partial charge in [0.1, 0.15) is 10.7 Å². The van der Waals surface area contributed by atoms with E-state index in [-0.39, 0.29) is 29.3 Å². The first-order chi connectivity index (χ1) is 15.5. The fraction of sp³-hybridized carbons (Fsp3) is 0.292. The Bertz CT molecular complexity index is 1030. The summed E-state index contributed by atoms with van der Waals surface area (Å²) in [6, 6.07) is 16.3. The van der Waals surface area contributed by atoms with Crippen LogP contribution in [0.2, 0.25) is 0 Å². The standard InChI is InChI=1S/C24H24ClN3O4/c25-20-21(24(31)28(23(20)30)13-12-16-5-2-1-3-6-16)27-18-10-8-17(9-11-18)22(29)26-15-19-7-4-14-32-19/h1-3,5-6,8-11,19,27H,4,7,12-15H2,(H,26,29). The molecular weight excluding hydrogens is 430 g/mol. The molecule has 2 aromatic rings. The maximum atomic E-state index is 12.8. The third-order valence-electron chi connectivity index (χ3n) is 5.51. The van der Waals surface area contributed by atoms with Crippen molar-refractivity contribution in [3.8, 4) is 0 Å². The van der Waals surface area contributed by atoms with Gasteiger partial charge in [0.2, 0.25) is 0 Å². The number of benzene rings is 2. The number of halogens is 1. The molecule has 1 fully saturated rings. The molecule has 3 amide bonds. The number of imide groups is 1. The molecule has 0 aliphatic carbocycles. The van der Waals surface area contributed by atoms with Gasteiger partial charge in [0.05, 0.1) is 6.10 Å². The highest BCUT2D eigenvalue weighted by Crippen LogP contribution is 2.26. The van der Waals surface area contributed by atoms with Crippen LogP contribution in [0.1, 0.15) is 28.8 Å². The second-order valence-electron chi connectivity index (χ2n) is 7.73. The molecule has 4 rings (SSSR count). The number of amides is 3. The number of ether oxygens (including phenoxy) is 1. The summed E-state index contributed by atoms with van der Waals surface area (Å²) >= 11 is 6.16. The van der Waals surface area contributed by atoms with Crippen molar-refractivity contribution in [3.63, 3.8) is 0 Å². The first-order valence-electron chi connectivity index (χ1n) is 10.6. The van der Waals surface area contributed by atoms with E-state index in [1.807, 2.05) is 30.3 Å². The van der Waals surface area contributed by atoms with Crippen molar-refractivity contribution in [3.05, 3.63) is 76.5 Å². The van der Waals surface area contributed by atoms with Crippen molar-refractivity contribution in [2.75, 3.05) is 25.0 Å². The number of hydrogen-bond acceptors (Lipinski definition) is 5. The highest BCUT2D eigenvalue weighted by molar-refractivity contribution is 6.48. The Kier molecular flexibility index (Phi) is 6.87. The fourth-order valence-electron chi connectivity index (χ4n) is 3.71. The van der Waals surface area contributed by atoms with Gasteiger partial charge in [-0.2, -0.15) is 0 Å². The summed E-state index contributed by atoms with van der Waals surface area (Å²) in [4.78, 5) is 38.7. The van der Waals surface area contributed by atoms with Crippen LogP contribution in [0.5, 0.6) is 0 Å². The van der Waals surface area contributed by atoms with Crippen molar-refractivity contribution in [1.82, 2.24) is 10.2 Å². The number of nitrogens with one attached hydrogen (secondary N) is 2. The van der Waals surface area contributed by atoms with E-state index in [0.29, 0.717) is 24.2 Å². The van der Waals surface area contributed by atoms with Gasteiger partial charge in [-0.1, -0.05) is 41.9 Å². The molecule has 1 unspecified atom stereocenters. The minimum atomic E-state index is -0.514. The fourth-order valence-corrected chi connectivity index (χ4v) is 3.94. The molecule has 8 heteroatoms. The summed E-state index contributed by atoms with van der Waals surface area (Å²) < 4.78 is 5.51. The Hall–Kier alpha value is -3.16. The average molecular weight is 454 g/mol. The lowest BCUT2D eigenvalue weighted by Crippen LogP contribution is -2.34. The summed E-state index contributed by atoms with van der Waals surface area (Å²) in [5.74, 6) is -1.17. The summed E-state index contributed by atoms with van der Waals surface area (Å²) in [5.41, 5.74) is 2.12. The van der Waals surface area contributed by atoms with Gasteiger partial charge in [-0.25, -0.2) is 0 Å². The van der Waals surface area contributed by atoms with Crippen LogP contribution in [0.15, 0.2) is 65.3 Å². The predicted octanol–water partition coefficient (Wildman–Crippen LogP) is 3.07. The molecule has 1 saturated heterocycles. The lowest BCUT2D eigenvalue weighted by molar-refractivity contribution is -0.137. The van der Waals surface area contributed by atoms with Crippen LogP contribution in [0.4, 0.5) is 5.69 Å². The molecule has 0 aromatic heterocycles. The van der Waals surface area contributed by atoms with Crippen LogP contribution in [-0.4, -0.2) is 48.4 Å². The van der Waals surface area contributed by atoms with E-state index in [4.69, 9.17) is 16.3 Å². The van der Waals surface area contributed by atoms with Crippen molar-refractivity contribution in [2.24, 2.45) is 0 Å². The minimum Gasteiger partial charge on any atom is -0.376 e. The highest BCUT2D eigenvalue weighted by atomic mass is 35.5. The Morgan fingerprint density at radius 2 is 1.81 bits per heavy atom. The molecular formula is C24H24ClN3O4. The Morgan fingerprint density at radius 1 is 1.06 bits per heavy atom. The molecule has 166 valence electrons. The summed E-state index contributed by atoms with van der Waals surface area (Å²) in [6.07, 6.45) is 2.59. The Morgan fingerprint density at radius 3 is 2.50 bits per heavy atom. The summed E-state index contributed by atoms with van der Waals surface area (Å²) in [6.45, 7) is 1.47. The van der Waals surface area contributed by atoms with Crippen molar-refractivity contribution in [2.45, 2.75) is 25.4 Å². The van der Waals surface area contributed by atoms with Crippen LogP contribution in [0.3, 0.4) is 0 Å². The van der Waals surface area contributed by atoms with Crippen molar-refractivity contribution >= 4 is 35.0 Å². The molecule has 2 N–H and O–H groups in total. The second-order valence-corrected chi connectivity index (χ2v) is 8.11. The largest absolute Gasteiger partial charge is 0.376 e. The van der Waals surface area contributed by atoms with Crippen LogP contribution < -0.4 is 10.6 Å². The molecule has 32 heavy (non-hydrogen) atoms. The monoisotopic (exact) mass is 453 g/mol. The van der Waals surface area contributed by atoms with Gasteiger partial charge in [-0.05, 0) is 49.1 Å². The third-order valence-corrected chi connectivity index (χ3v) is 5.86. The summed E-state index contributed by atoms with van der Waals surface area (Å²) in [7, 11) is 0. The zero-order valence-electron chi connectivity index (χ0n) is 17.5. The van der Waals surface area contributed by atoms with E-state index in [2.05, 4.69) is 10.6 Å². The van der Waals surface area contributed by atoms with Crippen LogP contribution >= 0.6 is 11.6 Å². The van der Waals surface area contributed by atoms with Crippen LogP contribution in [-0.2, 0) is 20.7 Å². The highest BCUT2D eigenvalue weighted by Gasteiger charge is 2.37. The number of rotatable bonds is 8. The average Bonchev–Trinajstić information content (AvgIpc) is 3.41. The molecule has 0 radical (unpaired) electrons. The molecule has 2 aliphatic heterocycles. The topological polar surface area (TPSA) is 87.7 Å². The molecule has 2 aliphatic rings. The zero-order chi connectivity index (χ0) is 22.5. The van der Waals surface area contributed by atoms with Gasteiger partial charge in [0.25, 0.3) is 17.7 Å². The van der Waals surface area contributed by atoms with Crippen molar-refractivity contribution in [1.29, 1.82) is 0 Å². The van der Waals surface area contributed by atoms with Crippen LogP contribution in [0.25, 0.3) is 0 Å². The maximum absolute atomic E-state index is 12.8.